The lowest BCUT2D eigenvalue weighted by Crippen LogP contribution is -2.52. The molecular formula is C16H13BrN2O4S. The number of ether oxygens (including phenoxy) is 2. The van der Waals surface area contributed by atoms with E-state index in [1.54, 1.807) is 12.1 Å². The van der Waals surface area contributed by atoms with E-state index in [1.165, 1.54) is 25.1 Å². The van der Waals surface area contributed by atoms with Gasteiger partial charge in [0.2, 0.25) is 0 Å². The zero-order valence-corrected chi connectivity index (χ0v) is 15.3. The van der Waals surface area contributed by atoms with Crippen molar-refractivity contribution in [2.24, 2.45) is 0 Å². The molecule has 6 nitrogen and oxygen atoms in total. The molecule has 1 fully saturated rings. The highest BCUT2D eigenvalue weighted by molar-refractivity contribution is 9.10. The van der Waals surface area contributed by atoms with E-state index < -0.39 is 11.8 Å². The van der Waals surface area contributed by atoms with Crippen molar-refractivity contribution >= 4 is 51.2 Å². The zero-order chi connectivity index (χ0) is 17.9. The highest BCUT2D eigenvalue weighted by Crippen LogP contribution is 2.37. The number of hydrogen-bond acceptors (Lipinski definition) is 5. The average molecular weight is 409 g/mol. The summed E-state index contributed by atoms with van der Waals surface area (Å²) in [5.41, 5.74) is 0.545. The molecule has 1 aromatic rings. The molecule has 0 aliphatic carbocycles. The Bertz CT molecular complexity index is 798. The van der Waals surface area contributed by atoms with Crippen molar-refractivity contribution in [2.75, 3.05) is 20.8 Å². The van der Waals surface area contributed by atoms with Crippen LogP contribution in [0.5, 0.6) is 11.5 Å². The Balaban J connectivity index is 2.44. The van der Waals surface area contributed by atoms with Crippen LogP contribution in [0.2, 0.25) is 0 Å². The summed E-state index contributed by atoms with van der Waals surface area (Å²) in [5, 5.41) is 2.52. The number of hydrogen-bond donors (Lipinski definition) is 1. The van der Waals surface area contributed by atoms with Gasteiger partial charge in [-0.2, -0.15) is 0 Å². The number of likely N-dealkylation sites (N-methyl/N-ethyl adjacent to an activating group) is 1. The minimum Gasteiger partial charge on any atom is -0.493 e. The second-order valence-electron chi connectivity index (χ2n) is 4.71. The summed E-state index contributed by atoms with van der Waals surface area (Å²) < 4.78 is 11.3. The molecule has 2 amide bonds. The highest BCUT2D eigenvalue weighted by atomic mass is 79.9. The van der Waals surface area contributed by atoms with Gasteiger partial charge in [-0.05, 0) is 51.9 Å². The molecule has 0 atom stereocenters. The summed E-state index contributed by atoms with van der Waals surface area (Å²) in [6.45, 7) is 0.0819. The molecule has 1 N–H and O–H groups in total. The Morgan fingerprint density at radius 2 is 2.17 bits per heavy atom. The van der Waals surface area contributed by atoms with E-state index in [4.69, 9.17) is 28.1 Å². The zero-order valence-electron chi connectivity index (χ0n) is 12.9. The fourth-order valence-electron chi connectivity index (χ4n) is 1.99. The number of thiocarbonyl (C=S) groups is 1. The molecule has 0 spiro atoms. The first-order valence-electron chi connectivity index (χ1n) is 6.68. The van der Waals surface area contributed by atoms with Crippen LogP contribution < -0.4 is 14.8 Å². The first-order chi connectivity index (χ1) is 11.4. The smallest absolute Gasteiger partial charge is 0.265 e. The molecule has 1 saturated heterocycles. The van der Waals surface area contributed by atoms with Crippen molar-refractivity contribution in [3.8, 4) is 23.8 Å². The van der Waals surface area contributed by atoms with Gasteiger partial charge in [0.05, 0.1) is 11.6 Å². The molecule has 24 heavy (non-hydrogen) atoms. The van der Waals surface area contributed by atoms with Gasteiger partial charge in [0.25, 0.3) is 11.8 Å². The number of nitrogens with zero attached hydrogens (tertiary/aromatic N) is 1. The second kappa shape index (κ2) is 7.47. The van der Waals surface area contributed by atoms with Crippen LogP contribution in [-0.2, 0) is 9.59 Å². The summed E-state index contributed by atoms with van der Waals surface area (Å²) in [6.07, 6.45) is 6.64. The van der Waals surface area contributed by atoms with Gasteiger partial charge < -0.3 is 9.47 Å². The third kappa shape index (κ3) is 3.58. The third-order valence-corrected chi connectivity index (χ3v) is 4.13. The van der Waals surface area contributed by atoms with Crippen LogP contribution in [0.4, 0.5) is 0 Å². The first kappa shape index (κ1) is 18.0. The van der Waals surface area contributed by atoms with Gasteiger partial charge in [0.1, 0.15) is 12.2 Å². The van der Waals surface area contributed by atoms with Gasteiger partial charge in [-0.25, -0.2) is 0 Å². The lowest BCUT2D eigenvalue weighted by molar-refractivity contribution is -0.128. The van der Waals surface area contributed by atoms with Crippen LogP contribution in [0.1, 0.15) is 5.56 Å². The van der Waals surface area contributed by atoms with Crippen molar-refractivity contribution in [3.05, 3.63) is 27.7 Å². The van der Waals surface area contributed by atoms with Crippen molar-refractivity contribution in [1.29, 1.82) is 0 Å². The summed E-state index contributed by atoms with van der Waals surface area (Å²) >= 11 is 8.27. The maximum Gasteiger partial charge on any atom is 0.265 e. The number of halogens is 1. The van der Waals surface area contributed by atoms with Crippen LogP contribution in [0.3, 0.4) is 0 Å². The minimum atomic E-state index is -0.550. The predicted octanol–water partition coefficient (Wildman–Crippen LogP) is 1.73. The van der Waals surface area contributed by atoms with Crippen LogP contribution in [0, 0.1) is 12.3 Å². The number of methoxy groups -OCH3 is 1. The molecule has 1 heterocycles. The van der Waals surface area contributed by atoms with E-state index in [0.29, 0.717) is 21.5 Å². The van der Waals surface area contributed by atoms with Gasteiger partial charge in [-0.15, -0.1) is 6.42 Å². The van der Waals surface area contributed by atoms with E-state index in [9.17, 15) is 9.59 Å². The average Bonchev–Trinajstić information content (AvgIpc) is 2.55. The molecule has 0 radical (unpaired) electrons. The number of carbonyl (C=O) groups excluding carboxylic acids is 2. The summed E-state index contributed by atoms with van der Waals surface area (Å²) in [4.78, 5) is 25.4. The first-order valence-corrected chi connectivity index (χ1v) is 7.88. The molecule has 1 aromatic carbocycles. The summed E-state index contributed by atoms with van der Waals surface area (Å²) in [6, 6.07) is 3.33. The summed E-state index contributed by atoms with van der Waals surface area (Å²) in [5.74, 6) is 2.20. The molecule has 0 bridgehead atoms. The van der Waals surface area contributed by atoms with Crippen LogP contribution in [-0.4, -0.2) is 42.6 Å². The fourth-order valence-corrected chi connectivity index (χ4v) is 2.74. The molecule has 1 aliphatic rings. The van der Waals surface area contributed by atoms with E-state index >= 15 is 0 Å². The molecule has 1 aliphatic heterocycles. The Labute approximate surface area is 152 Å². The number of benzene rings is 1. The van der Waals surface area contributed by atoms with Crippen molar-refractivity contribution in [1.82, 2.24) is 10.2 Å². The van der Waals surface area contributed by atoms with Gasteiger partial charge in [0.15, 0.2) is 16.6 Å². The molecule has 8 heteroatoms. The standard InChI is InChI=1S/C16H13BrN2O4S/c1-4-5-23-13-11(17)7-9(8-12(13)22-3)6-10-14(20)18-16(24)19(2)15(10)21/h1,6-8H,5H2,2-3H3,(H,18,20,24)/b10-6-. The summed E-state index contributed by atoms with van der Waals surface area (Å²) in [7, 11) is 2.97. The quantitative estimate of drug-likeness (QED) is 0.355. The van der Waals surface area contributed by atoms with E-state index in [-0.39, 0.29) is 17.3 Å². The Morgan fingerprint density at radius 1 is 1.46 bits per heavy atom. The van der Waals surface area contributed by atoms with Gasteiger partial charge in [0, 0.05) is 7.05 Å². The van der Waals surface area contributed by atoms with E-state index in [2.05, 4.69) is 27.2 Å². The third-order valence-electron chi connectivity index (χ3n) is 3.17. The van der Waals surface area contributed by atoms with Gasteiger partial charge in [-0.1, -0.05) is 5.92 Å². The topological polar surface area (TPSA) is 67.9 Å². The molecule has 124 valence electrons. The van der Waals surface area contributed by atoms with Gasteiger partial charge >= 0.3 is 0 Å². The second-order valence-corrected chi connectivity index (χ2v) is 5.95. The van der Waals surface area contributed by atoms with Crippen molar-refractivity contribution in [3.63, 3.8) is 0 Å². The highest BCUT2D eigenvalue weighted by Gasteiger charge is 2.30. The number of amides is 2. The van der Waals surface area contributed by atoms with Crippen LogP contribution in [0.25, 0.3) is 6.08 Å². The molecule has 0 unspecified atom stereocenters. The number of rotatable bonds is 4. The van der Waals surface area contributed by atoms with Crippen LogP contribution >= 0.6 is 28.1 Å². The Kier molecular flexibility index (Phi) is 5.59. The Hall–Kier alpha value is -2.37. The van der Waals surface area contributed by atoms with Crippen molar-refractivity contribution < 1.29 is 19.1 Å². The van der Waals surface area contributed by atoms with Gasteiger partial charge in [-0.3, -0.25) is 19.8 Å². The molecular weight excluding hydrogens is 396 g/mol. The SMILES string of the molecule is C#CCOc1c(Br)cc(/C=C2/C(=O)NC(=S)N(C)C2=O)cc1OC. The Morgan fingerprint density at radius 3 is 2.79 bits per heavy atom. The largest absolute Gasteiger partial charge is 0.493 e. The predicted molar refractivity (Wildman–Crippen MR) is 96.5 cm³/mol. The maximum absolute atomic E-state index is 12.2. The normalized spacial score (nSPS) is 16.0. The monoisotopic (exact) mass is 408 g/mol. The molecule has 2 rings (SSSR count). The van der Waals surface area contributed by atoms with Crippen LogP contribution in [0.15, 0.2) is 22.2 Å². The fraction of sp³-hybridized carbons (Fsp3) is 0.188. The molecule has 0 saturated carbocycles. The molecule has 0 aromatic heterocycles. The lowest BCUT2D eigenvalue weighted by atomic mass is 10.1. The van der Waals surface area contributed by atoms with E-state index in [1.807, 2.05) is 0 Å². The maximum atomic E-state index is 12.2. The number of nitrogens with one attached hydrogen (secondary N) is 1. The number of carbonyl (C=O) groups is 2. The van der Waals surface area contributed by atoms with E-state index in [0.717, 1.165) is 0 Å². The van der Waals surface area contributed by atoms with Crippen molar-refractivity contribution in [2.45, 2.75) is 0 Å². The number of terminal acetylenes is 1. The lowest BCUT2D eigenvalue weighted by Gasteiger charge is -2.25. The minimum absolute atomic E-state index is 0.0302.